The standard InChI is InChI=1S/C22H21N3O3/c1-3-28-15-10-8-14(9-11-15)13-23-22(27)19-12-17-20(25(19)2)16-6-4-5-7-18(16)24-21(17)26/h4-12H,3,13H2,1-2H3,(H,23,27)(H,24,26). The summed E-state index contributed by atoms with van der Waals surface area (Å²) in [5.41, 5.74) is 2.73. The van der Waals surface area contributed by atoms with E-state index in [9.17, 15) is 9.59 Å². The van der Waals surface area contributed by atoms with Crippen molar-refractivity contribution in [3.63, 3.8) is 0 Å². The summed E-state index contributed by atoms with van der Waals surface area (Å²) in [4.78, 5) is 28.1. The Morgan fingerprint density at radius 1 is 1.11 bits per heavy atom. The Bertz CT molecular complexity index is 1220. The second-order valence-electron chi connectivity index (χ2n) is 6.61. The van der Waals surface area contributed by atoms with Crippen molar-refractivity contribution in [2.75, 3.05) is 6.61 Å². The number of carbonyl (C=O) groups excluding carboxylic acids is 1. The Kier molecular flexibility index (Phi) is 4.61. The van der Waals surface area contributed by atoms with Crippen LogP contribution in [0.2, 0.25) is 0 Å². The fourth-order valence-corrected chi connectivity index (χ4v) is 3.45. The quantitative estimate of drug-likeness (QED) is 0.562. The van der Waals surface area contributed by atoms with Crippen molar-refractivity contribution in [3.8, 4) is 5.75 Å². The molecule has 2 heterocycles. The maximum atomic E-state index is 12.8. The lowest BCUT2D eigenvalue weighted by Gasteiger charge is -2.08. The molecule has 0 bridgehead atoms. The summed E-state index contributed by atoms with van der Waals surface area (Å²) in [6.45, 7) is 2.95. The number of nitrogens with zero attached hydrogens (tertiary/aromatic N) is 1. The normalized spacial score (nSPS) is 11.1. The van der Waals surface area contributed by atoms with Crippen LogP contribution < -0.4 is 15.6 Å². The van der Waals surface area contributed by atoms with Gasteiger partial charge in [-0.3, -0.25) is 9.59 Å². The predicted octanol–water partition coefficient (Wildman–Crippen LogP) is 3.35. The summed E-state index contributed by atoms with van der Waals surface area (Å²) in [5.74, 6) is 0.577. The van der Waals surface area contributed by atoms with Gasteiger partial charge < -0.3 is 19.6 Å². The molecular formula is C22H21N3O3. The minimum atomic E-state index is -0.226. The largest absolute Gasteiger partial charge is 0.494 e. The molecule has 6 nitrogen and oxygen atoms in total. The second-order valence-corrected chi connectivity index (χ2v) is 6.61. The third kappa shape index (κ3) is 3.13. The summed E-state index contributed by atoms with van der Waals surface area (Å²) >= 11 is 0. The molecule has 0 aliphatic rings. The van der Waals surface area contributed by atoms with E-state index in [4.69, 9.17) is 4.74 Å². The van der Waals surface area contributed by atoms with E-state index in [0.717, 1.165) is 27.7 Å². The van der Waals surface area contributed by atoms with Crippen LogP contribution in [0.15, 0.2) is 59.4 Å². The second kappa shape index (κ2) is 7.23. The topological polar surface area (TPSA) is 76.1 Å². The van der Waals surface area contributed by atoms with E-state index in [1.807, 2.05) is 55.5 Å². The number of benzene rings is 2. The van der Waals surface area contributed by atoms with Gasteiger partial charge in [0.1, 0.15) is 11.4 Å². The van der Waals surface area contributed by atoms with Gasteiger partial charge in [0.15, 0.2) is 0 Å². The van der Waals surface area contributed by atoms with Gasteiger partial charge in [0.2, 0.25) is 0 Å². The van der Waals surface area contributed by atoms with Crippen molar-refractivity contribution in [1.29, 1.82) is 0 Å². The molecule has 0 aliphatic carbocycles. The number of pyridine rings is 1. The molecule has 0 unspecified atom stereocenters. The Balaban J connectivity index is 1.62. The molecule has 0 radical (unpaired) electrons. The molecule has 6 heteroatoms. The number of aryl methyl sites for hydroxylation is 1. The van der Waals surface area contributed by atoms with Crippen LogP contribution >= 0.6 is 0 Å². The molecule has 1 amide bonds. The molecule has 4 aromatic rings. The van der Waals surface area contributed by atoms with Crippen LogP contribution in [0.25, 0.3) is 21.8 Å². The third-order valence-corrected chi connectivity index (χ3v) is 4.83. The van der Waals surface area contributed by atoms with Crippen molar-refractivity contribution < 1.29 is 9.53 Å². The lowest BCUT2D eigenvalue weighted by molar-refractivity contribution is 0.0943. The van der Waals surface area contributed by atoms with Gasteiger partial charge in [-0.25, -0.2) is 0 Å². The number of rotatable bonds is 5. The number of carbonyl (C=O) groups is 1. The molecule has 28 heavy (non-hydrogen) atoms. The van der Waals surface area contributed by atoms with Crippen molar-refractivity contribution in [1.82, 2.24) is 14.9 Å². The molecule has 0 aliphatic heterocycles. The Morgan fingerprint density at radius 2 is 1.86 bits per heavy atom. The highest BCUT2D eigenvalue weighted by molar-refractivity contribution is 6.07. The molecule has 4 rings (SSSR count). The average molecular weight is 375 g/mol. The molecule has 142 valence electrons. The number of H-pyrrole nitrogens is 1. The lowest BCUT2D eigenvalue weighted by Crippen LogP contribution is -2.24. The first kappa shape index (κ1) is 17.9. The summed E-state index contributed by atoms with van der Waals surface area (Å²) < 4.78 is 7.21. The highest BCUT2D eigenvalue weighted by Gasteiger charge is 2.17. The van der Waals surface area contributed by atoms with E-state index in [-0.39, 0.29) is 11.5 Å². The minimum Gasteiger partial charge on any atom is -0.494 e. The monoisotopic (exact) mass is 375 g/mol. The van der Waals surface area contributed by atoms with Gasteiger partial charge in [0.25, 0.3) is 11.5 Å². The molecule has 0 spiro atoms. The van der Waals surface area contributed by atoms with Gasteiger partial charge in [0.05, 0.1) is 23.0 Å². The summed E-state index contributed by atoms with van der Waals surface area (Å²) in [5, 5.41) is 4.34. The number of hydrogen-bond acceptors (Lipinski definition) is 3. The van der Waals surface area contributed by atoms with Crippen LogP contribution in [0.4, 0.5) is 0 Å². The van der Waals surface area contributed by atoms with E-state index in [0.29, 0.717) is 24.2 Å². The zero-order chi connectivity index (χ0) is 19.7. The predicted molar refractivity (Wildman–Crippen MR) is 110 cm³/mol. The molecule has 0 atom stereocenters. The zero-order valence-corrected chi connectivity index (χ0v) is 15.8. The van der Waals surface area contributed by atoms with Gasteiger partial charge >= 0.3 is 0 Å². The zero-order valence-electron chi connectivity index (χ0n) is 15.8. The Morgan fingerprint density at radius 3 is 2.61 bits per heavy atom. The molecule has 0 saturated heterocycles. The van der Waals surface area contributed by atoms with Crippen LogP contribution in [0.3, 0.4) is 0 Å². The maximum absolute atomic E-state index is 12.8. The fourth-order valence-electron chi connectivity index (χ4n) is 3.45. The highest BCUT2D eigenvalue weighted by atomic mass is 16.5. The highest BCUT2D eigenvalue weighted by Crippen LogP contribution is 2.23. The summed E-state index contributed by atoms with van der Waals surface area (Å²) in [7, 11) is 1.81. The van der Waals surface area contributed by atoms with Gasteiger partial charge in [-0.15, -0.1) is 0 Å². The van der Waals surface area contributed by atoms with Crippen molar-refractivity contribution in [2.24, 2.45) is 7.05 Å². The van der Waals surface area contributed by atoms with Crippen molar-refractivity contribution >= 4 is 27.7 Å². The van der Waals surface area contributed by atoms with Gasteiger partial charge in [-0.2, -0.15) is 0 Å². The van der Waals surface area contributed by atoms with Crippen LogP contribution in [-0.2, 0) is 13.6 Å². The van der Waals surface area contributed by atoms with Gasteiger partial charge in [-0.1, -0.05) is 30.3 Å². The van der Waals surface area contributed by atoms with E-state index >= 15 is 0 Å². The number of aromatic nitrogens is 2. The molecule has 2 aromatic heterocycles. The van der Waals surface area contributed by atoms with Gasteiger partial charge in [-0.05, 0) is 36.8 Å². The molecular weight excluding hydrogens is 354 g/mol. The Labute approximate surface area is 161 Å². The van der Waals surface area contributed by atoms with Crippen LogP contribution in [0.1, 0.15) is 23.0 Å². The SMILES string of the molecule is CCOc1ccc(CNC(=O)c2cc3c(=O)[nH]c4ccccc4c3n2C)cc1. The molecule has 2 aromatic carbocycles. The van der Waals surface area contributed by atoms with E-state index in [2.05, 4.69) is 10.3 Å². The molecule has 0 fully saturated rings. The smallest absolute Gasteiger partial charge is 0.268 e. The maximum Gasteiger partial charge on any atom is 0.268 e. The number of nitrogens with one attached hydrogen (secondary N) is 2. The van der Waals surface area contributed by atoms with Crippen molar-refractivity contribution in [2.45, 2.75) is 13.5 Å². The number of ether oxygens (including phenoxy) is 1. The number of fused-ring (bicyclic) bond motifs is 3. The summed E-state index contributed by atoms with van der Waals surface area (Å²) in [6.07, 6.45) is 0. The first-order chi connectivity index (χ1) is 13.6. The third-order valence-electron chi connectivity index (χ3n) is 4.83. The minimum absolute atomic E-state index is 0.199. The molecule has 0 saturated carbocycles. The average Bonchev–Trinajstić information content (AvgIpc) is 3.06. The number of para-hydroxylation sites is 1. The number of hydrogen-bond donors (Lipinski definition) is 2. The van der Waals surface area contributed by atoms with Crippen molar-refractivity contribution in [3.05, 3.63) is 76.2 Å². The van der Waals surface area contributed by atoms with E-state index < -0.39 is 0 Å². The number of amides is 1. The van der Waals surface area contributed by atoms with Crippen LogP contribution in [0.5, 0.6) is 5.75 Å². The first-order valence-corrected chi connectivity index (χ1v) is 9.19. The Hall–Kier alpha value is -3.54. The lowest BCUT2D eigenvalue weighted by atomic mass is 10.1. The first-order valence-electron chi connectivity index (χ1n) is 9.19. The van der Waals surface area contributed by atoms with E-state index in [1.165, 1.54) is 0 Å². The molecule has 2 N–H and O–H groups in total. The van der Waals surface area contributed by atoms with Crippen LogP contribution in [-0.4, -0.2) is 22.1 Å². The summed E-state index contributed by atoms with van der Waals surface area (Å²) in [6, 6.07) is 16.8. The van der Waals surface area contributed by atoms with E-state index in [1.54, 1.807) is 17.7 Å². The van der Waals surface area contributed by atoms with Gasteiger partial charge in [0, 0.05) is 19.0 Å². The number of aromatic amines is 1. The fraction of sp³-hybridized carbons (Fsp3) is 0.182. The van der Waals surface area contributed by atoms with Crippen LogP contribution in [0, 0.1) is 0 Å².